The maximum absolute atomic E-state index is 9.89. The zero-order valence-corrected chi connectivity index (χ0v) is 6.92. The van der Waals surface area contributed by atoms with Crippen LogP contribution < -0.4 is 10.0 Å². The van der Waals surface area contributed by atoms with Gasteiger partial charge >= 0.3 is 48.9 Å². The molecule has 0 aliphatic rings. The number of halogens is 1. The molecule has 0 aromatic carbocycles. The maximum atomic E-state index is 9.89. The number of rotatable bonds is 0. The minimum Gasteiger partial charge on any atom is -0.867 e. The molecule has 0 rings (SSSR count). The van der Waals surface area contributed by atoms with Crippen LogP contribution >= 0.6 is 0 Å². The van der Waals surface area contributed by atoms with Gasteiger partial charge in [0, 0.05) is 0 Å². The van der Waals surface area contributed by atoms with Crippen molar-refractivity contribution in [2.24, 2.45) is 0 Å². The van der Waals surface area contributed by atoms with E-state index in [1.54, 1.807) is 0 Å². The van der Waals surface area contributed by atoms with E-state index in [0.717, 1.165) is 0 Å². The van der Waals surface area contributed by atoms with E-state index in [1.807, 2.05) is 0 Å². The van der Waals surface area contributed by atoms with Crippen molar-refractivity contribution < 1.29 is 14.4 Å². The van der Waals surface area contributed by atoms with Crippen LogP contribution in [0, 0.1) is 0 Å². The van der Waals surface area contributed by atoms with Crippen molar-refractivity contribution in [1.29, 1.82) is 0 Å². The molecule has 0 aromatic heterocycles. The van der Waals surface area contributed by atoms with Crippen LogP contribution in [0.3, 0.4) is 0 Å². The van der Waals surface area contributed by atoms with E-state index in [1.165, 1.54) is 0 Å². The summed E-state index contributed by atoms with van der Waals surface area (Å²) < 4.78 is 9.89. The molecule has 0 amide bonds. The first-order valence-corrected chi connectivity index (χ1v) is 0.690. The van der Waals surface area contributed by atoms with Crippen molar-refractivity contribution in [3.8, 4) is 0 Å². The molecule has 5 heteroatoms. The topological polar surface area (TPSA) is 46.1 Å². The van der Waals surface area contributed by atoms with Crippen LogP contribution in [0.5, 0.6) is 0 Å². The van der Waals surface area contributed by atoms with Gasteiger partial charge in [-0.3, -0.25) is 0 Å². The number of hydrogen-bond acceptors (Lipinski definition) is 2. The number of hydrogen-bond donors (Lipinski definition) is 0. The maximum Gasteiger partial charge on any atom is 2.00 e. The SMILES string of the molecule is [Ba+2].[O-]B([O-])F. The molecule has 0 saturated carbocycles. The minimum absolute atomic E-state index is 0. The van der Waals surface area contributed by atoms with Gasteiger partial charge in [0.1, 0.15) is 7.40 Å². The van der Waals surface area contributed by atoms with Crippen molar-refractivity contribution in [3.63, 3.8) is 0 Å². The summed E-state index contributed by atoms with van der Waals surface area (Å²) in [6.45, 7) is 0. The third-order valence-electron chi connectivity index (χ3n) is 0. The smallest absolute Gasteiger partial charge is 0.867 e. The van der Waals surface area contributed by atoms with Gasteiger partial charge < -0.3 is 14.4 Å². The monoisotopic (exact) mass is 200 g/mol. The Bertz CT molecular complexity index is 14.4. The molecule has 0 unspecified atom stereocenters. The molecule has 24 valence electrons. The van der Waals surface area contributed by atoms with E-state index in [2.05, 4.69) is 0 Å². The van der Waals surface area contributed by atoms with Gasteiger partial charge in [-0.05, 0) is 0 Å². The second-order valence-corrected chi connectivity index (χ2v) is 0.274. The van der Waals surface area contributed by atoms with Crippen LogP contribution in [-0.2, 0) is 0 Å². The van der Waals surface area contributed by atoms with E-state index < -0.39 is 7.40 Å². The van der Waals surface area contributed by atoms with Crippen LogP contribution in [0.15, 0.2) is 0 Å². The van der Waals surface area contributed by atoms with Gasteiger partial charge in [0.25, 0.3) is 0 Å². The Morgan fingerprint density at radius 2 is 1.40 bits per heavy atom. The largest absolute Gasteiger partial charge is 2.00 e. The molecule has 0 bridgehead atoms. The zero-order chi connectivity index (χ0) is 3.58. The first-order valence-electron chi connectivity index (χ1n) is 0.690. The van der Waals surface area contributed by atoms with Crippen molar-refractivity contribution in [3.05, 3.63) is 0 Å². The first kappa shape index (κ1) is 9.70. The minimum atomic E-state index is -3.17. The van der Waals surface area contributed by atoms with Crippen LogP contribution in [0.1, 0.15) is 0 Å². The summed E-state index contributed by atoms with van der Waals surface area (Å²) in [5.74, 6) is 0. The molecule has 0 spiro atoms. The van der Waals surface area contributed by atoms with Crippen LogP contribution in [0.4, 0.5) is 4.32 Å². The van der Waals surface area contributed by atoms with Gasteiger partial charge in [-0.2, -0.15) is 0 Å². The Hall–Kier alpha value is 1.49. The standard InChI is InChI=1S/BFO2.Ba/c2-1(3)4;/q-2;+2. The molecule has 5 heavy (non-hydrogen) atoms. The van der Waals surface area contributed by atoms with Gasteiger partial charge in [-0.1, -0.05) is 0 Å². The predicted molar refractivity (Wildman–Crippen MR) is 12.6 cm³/mol. The van der Waals surface area contributed by atoms with E-state index >= 15 is 0 Å². The second kappa shape index (κ2) is 5.49. The van der Waals surface area contributed by atoms with Crippen molar-refractivity contribution >= 4 is 56.3 Å². The Morgan fingerprint density at radius 3 is 1.40 bits per heavy atom. The fraction of sp³-hybridized carbons (Fsp3) is 0. The van der Waals surface area contributed by atoms with Gasteiger partial charge in [-0.25, -0.2) is 0 Å². The van der Waals surface area contributed by atoms with Gasteiger partial charge in [0.05, 0.1) is 0 Å². The zero-order valence-electron chi connectivity index (χ0n) is 2.48. The first-order chi connectivity index (χ1) is 1.73. The summed E-state index contributed by atoms with van der Waals surface area (Å²) >= 11 is 0. The molecule has 0 saturated heterocycles. The summed E-state index contributed by atoms with van der Waals surface area (Å²) in [5.41, 5.74) is 0. The Labute approximate surface area is 69.6 Å². The molecular formula is BBaFO2. The predicted octanol–water partition coefficient (Wildman–Crippen LogP) is -2.72. The molecule has 0 heterocycles. The molecule has 0 N–H and O–H groups in total. The second-order valence-electron chi connectivity index (χ2n) is 0.274. The Morgan fingerprint density at radius 1 is 1.40 bits per heavy atom. The summed E-state index contributed by atoms with van der Waals surface area (Å²) in [6.07, 6.45) is 0. The fourth-order valence-electron chi connectivity index (χ4n) is 0. The molecule has 0 radical (unpaired) electrons. The average Bonchev–Trinajstić information content (AvgIpc) is 0.811. The Kier molecular flexibility index (Phi) is 10.6. The normalized spacial score (nSPS) is 5.40. The van der Waals surface area contributed by atoms with E-state index in [0.29, 0.717) is 0 Å². The van der Waals surface area contributed by atoms with Crippen LogP contribution in [-0.4, -0.2) is 56.3 Å². The van der Waals surface area contributed by atoms with Crippen molar-refractivity contribution in [2.45, 2.75) is 0 Å². The van der Waals surface area contributed by atoms with Gasteiger partial charge in [0.2, 0.25) is 0 Å². The van der Waals surface area contributed by atoms with Crippen LogP contribution in [0.25, 0.3) is 0 Å². The van der Waals surface area contributed by atoms with Crippen molar-refractivity contribution in [1.82, 2.24) is 0 Å². The van der Waals surface area contributed by atoms with Crippen molar-refractivity contribution in [2.75, 3.05) is 0 Å². The van der Waals surface area contributed by atoms with E-state index in [-0.39, 0.29) is 48.9 Å². The summed E-state index contributed by atoms with van der Waals surface area (Å²) in [7, 11) is -3.17. The quantitative estimate of drug-likeness (QED) is 0.398. The summed E-state index contributed by atoms with van der Waals surface area (Å²) in [4.78, 5) is 0. The summed E-state index contributed by atoms with van der Waals surface area (Å²) in [5, 5.41) is 16.6. The third kappa shape index (κ3) is 30.2. The third-order valence-corrected chi connectivity index (χ3v) is 0. The van der Waals surface area contributed by atoms with Gasteiger partial charge in [-0.15, -0.1) is 0 Å². The molecule has 0 fully saturated rings. The Balaban J connectivity index is 0. The molecular weight excluding hydrogens is 199 g/mol. The van der Waals surface area contributed by atoms with Gasteiger partial charge in [0.15, 0.2) is 0 Å². The molecule has 2 nitrogen and oxygen atoms in total. The molecule has 0 atom stereocenters. The molecule has 0 aromatic rings. The van der Waals surface area contributed by atoms with E-state index in [4.69, 9.17) is 10.0 Å². The summed E-state index contributed by atoms with van der Waals surface area (Å²) in [6, 6.07) is 0. The fourth-order valence-corrected chi connectivity index (χ4v) is 0. The average molecular weight is 199 g/mol. The molecule has 0 aliphatic heterocycles. The van der Waals surface area contributed by atoms with E-state index in [9.17, 15) is 4.32 Å². The van der Waals surface area contributed by atoms with Crippen LogP contribution in [0.2, 0.25) is 0 Å². The molecule has 0 aliphatic carbocycles.